The van der Waals surface area contributed by atoms with Crippen molar-refractivity contribution in [2.75, 3.05) is 26.4 Å². The van der Waals surface area contributed by atoms with Crippen LogP contribution in [0.5, 0.6) is 0 Å². The summed E-state index contributed by atoms with van der Waals surface area (Å²) in [5, 5.41) is 0. The summed E-state index contributed by atoms with van der Waals surface area (Å²) in [6.45, 7) is 3.11. The molecule has 0 aromatic carbocycles. The van der Waals surface area contributed by atoms with E-state index in [9.17, 15) is 0 Å². The highest BCUT2D eigenvalue weighted by Crippen LogP contribution is 1.85. The van der Waals surface area contributed by atoms with Gasteiger partial charge in [-0.05, 0) is 0 Å². The number of hydrogen-bond acceptors (Lipinski definition) is 2. The van der Waals surface area contributed by atoms with Crippen LogP contribution in [-0.2, 0) is 9.47 Å². The van der Waals surface area contributed by atoms with Gasteiger partial charge in [-0.3, -0.25) is 0 Å². The minimum atomic E-state index is 0. The van der Waals surface area contributed by atoms with E-state index in [1.54, 1.807) is 0 Å². The van der Waals surface area contributed by atoms with E-state index in [1.165, 1.54) is 0 Å². The fraction of sp³-hybridized carbons (Fsp3) is 1.00. The first-order valence-corrected chi connectivity index (χ1v) is 2.15. The van der Waals surface area contributed by atoms with Crippen LogP contribution in [0.4, 0.5) is 0 Å². The highest BCUT2D eigenvalue weighted by Gasteiger charge is 1.94. The van der Waals surface area contributed by atoms with Crippen LogP contribution in [0.1, 0.15) is 0 Å². The molecule has 44 valence electrons. The number of rotatable bonds is 0. The summed E-state index contributed by atoms with van der Waals surface area (Å²) in [7, 11) is 0. The smallest absolute Gasteiger partial charge is 0.0701 e. The van der Waals surface area contributed by atoms with Crippen LogP contribution in [0.15, 0.2) is 0 Å². The van der Waals surface area contributed by atoms with Gasteiger partial charge in [-0.15, -0.1) is 17.0 Å². The Hall–Kier alpha value is 0.400. The van der Waals surface area contributed by atoms with Crippen molar-refractivity contribution in [3.05, 3.63) is 0 Å². The Labute approximate surface area is 53.6 Å². The molecule has 0 N–H and O–H groups in total. The van der Waals surface area contributed by atoms with Gasteiger partial charge in [0.1, 0.15) is 0 Å². The van der Waals surface area contributed by atoms with Crippen LogP contribution in [0.25, 0.3) is 0 Å². The Morgan fingerprint density at radius 1 is 0.714 bits per heavy atom. The summed E-state index contributed by atoms with van der Waals surface area (Å²) in [6.07, 6.45) is 0. The maximum absolute atomic E-state index is 4.94. The van der Waals surface area contributed by atoms with E-state index in [-0.39, 0.29) is 17.0 Å². The summed E-state index contributed by atoms with van der Waals surface area (Å²) >= 11 is 0. The van der Waals surface area contributed by atoms with Crippen molar-refractivity contribution in [1.29, 1.82) is 0 Å². The molecular weight excluding hydrogens is 160 g/mol. The molecule has 0 amide bonds. The topological polar surface area (TPSA) is 18.5 Å². The Morgan fingerprint density at radius 2 is 1.00 bits per heavy atom. The molecule has 0 aromatic heterocycles. The zero-order valence-corrected chi connectivity index (χ0v) is 5.77. The van der Waals surface area contributed by atoms with E-state index in [2.05, 4.69) is 0 Å². The van der Waals surface area contributed by atoms with Crippen LogP contribution in [0.3, 0.4) is 0 Å². The Balaban J connectivity index is 0.000000360. The average molecular weight is 169 g/mol. The predicted molar refractivity (Wildman–Crippen MR) is 32.0 cm³/mol. The van der Waals surface area contributed by atoms with Crippen LogP contribution < -0.4 is 0 Å². The Morgan fingerprint density at radius 3 is 1.14 bits per heavy atom. The molecule has 1 rings (SSSR count). The predicted octanol–water partition coefficient (Wildman–Crippen LogP) is 0.611. The molecule has 1 aliphatic heterocycles. The van der Waals surface area contributed by atoms with Crippen molar-refractivity contribution in [3.8, 4) is 0 Å². The molecule has 1 aliphatic rings. The van der Waals surface area contributed by atoms with E-state index >= 15 is 0 Å². The molecule has 0 aromatic rings. The van der Waals surface area contributed by atoms with E-state index < -0.39 is 0 Å². The third kappa shape index (κ3) is 3.02. The Bertz CT molecular complexity index is 25.2. The monoisotopic (exact) mass is 168 g/mol. The van der Waals surface area contributed by atoms with E-state index in [4.69, 9.17) is 9.47 Å². The van der Waals surface area contributed by atoms with Crippen molar-refractivity contribution in [3.63, 3.8) is 0 Å². The van der Waals surface area contributed by atoms with Gasteiger partial charge in [0.25, 0.3) is 0 Å². The minimum Gasteiger partial charge on any atom is -0.377 e. The molecule has 1 saturated heterocycles. The molecule has 0 aliphatic carbocycles. The number of halogens is 1. The van der Waals surface area contributed by atoms with Crippen molar-refractivity contribution < 1.29 is 9.47 Å². The zero-order chi connectivity index (χ0) is 4.24. The third-order valence-electron chi connectivity index (χ3n) is 0.744. The lowest BCUT2D eigenvalue weighted by atomic mass is 10.6. The summed E-state index contributed by atoms with van der Waals surface area (Å²) in [6, 6.07) is 0. The van der Waals surface area contributed by atoms with Crippen molar-refractivity contribution in [1.82, 2.24) is 0 Å². The highest BCUT2D eigenvalue weighted by atomic mass is 79.9. The van der Waals surface area contributed by atoms with Gasteiger partial charge in [0.15, 0.2) is 0 Å². The lowest BCUT2D eigenvalue weighted by molar-refractivity contribution is -0.0334. The molecule has 1 heterocycles. The molecule has 1 fully saturated rings. The first kappa shape index (κ1) is 7.40. The van der Waals surface area contributed by atoms with Gasteiger partial charge in [-0.2, -0.15) is 0 Å². The molecule has 2 nitrogen and oxygen atoms in total. The lowest BCUT2D eigenvalue weighted by Crippen LogP contribution is -2.16. The summed E-state index contributed by atoms with van der Waals surface area (Å²) in [5.74, 6) is 0. The molecular formula is C4H9BrO2. The average Bonchev–Trinajstić information content (AvgIpc) is 1.72. The first-order valence-electron chi connectivity index (χ1n) is 2.15. The maximum Gasteiger partial charge on any atom is 0.0701 e. The second-order valence-corrected chi connectivity index (χ2v) is 1.22. The van der Waals surface area contributed by atoms with Crippen molar-refractivity contribution in [2.24, 2.45) is 0 Å². The second kappa shape index (κ2) is 4.56. The molecule has 0 radical (unpaired) electrons. The molecule has 0 atom stereocenters. The number of ether oxygens (including phenoxy) is 2. The third-order valence-corrected chi connectivity index (χ3v) is 0.744. The second-order valence-electron chi connectivity index (χ2n) is 1.22. The van der Waals surface area contributed by atoms with Crippen LogP contribution in [-0.4, -0.2) is 26.4 Å². The lowest BCUT2D eigenvalue weighted by Gasteiger charge is -2.09. The normalized spacial score (nSPS) is 20.6. The summed E-state index contributed by atoms with van der Waals surface area (Å²) < 4.78 is 9.89. The van der Waals surface area contributed by atoms with Gasteiger partial charge in [0, 0.05) is 0 Å². The van der Waals surface area contributed by atoms with Crippen LogP contribution in [0, 0.1) is 0 Å². The van der Waals surface area contributed by atoms with Crippen LogP contribution in [0.2, 0.25) is 0 Å². The first-order chi connectivity index (χ1) is 3.00. The Kier molecular flexibility index (Phi) is 4.82. The van der Waals surface area contributed by atoms with Gasteiger partial charge in [0.05, 0.1) is 26.4 Å². The molecule has 0 saturated carbocycles. The fourth-order valence-corrected chi connectivity index (χ4v) is 0.440. The van der Waals surface area contributed by atoms with Gasteiger partial charge in [0.2, 0.25) is 0 Å². The van der Waals surface area contributed by atoms with Gasteiger partial charge in [-0.25, -0.2) is 0 Å². The van der Waals surface area contributed by atoms with Crippen molar-refractivity contribution >= 4 is 17.0 Å². The molecule has 3 heteroatoms. The molecule has 0 bridgehead atoms. The van der Waals surface area contributed by atoms with E-state index in [0.717, 1.165) is 26.4 Å². The standard InChI is InChI=1S/C4H8O2.BrH/c1-2-6-4-3-5-1;/h1-4H2;1H. The summed E-state index contributed by atoms with van der Waals surface area (Å²) in [4.78, 5) is 0. The van der Waals surface area contributed by atoms with Crippen molar-refractivity contribution in [2.45, 2.75) is 0 Å². The van der Waals surface area contributed by atoms with E-state index in [1.807, 2.05) is 0 Å². The van der Waals surface area contributed by atoms with E-state index in [0.29, 0.717) is 0 Å². The fourth-order valence-electron chi connectivity index (χ4n) is 0.440. The molecule has 7 heavy (non-hydrogen) atoms. The quantitative estimate of drug-likeness (QED) is 0.528. The minimum absolute atomic E-state index is 0. The highest BCUT2D eigenvalue weighted by molar-refractivity contribution is 8.93. The largest absolute Gasteiger partial charge is 0.377 e. The van der Waals surface area contributed by atoms with Gasteiger partial charge in [-0.1, -0.05) is 0 Å². The SMILES string of the molecule is Br.C1COCCO1. The maximum atomic E-state index is 4.94. The zero-order valence-electron chi connectivity index (χ0n) is 4.05. The summed E-state index contributed by atoms with van der Waals surface area (Å²) in [5.41, 5.74) is 0. The van der Waals surface area contributed by atoms with Gasteiger partial charge >= 0.3 is 0 Å². The van der Waals surface area contributed by atoms with Gasteiger partial charge < -0.3 is 9.47 Å². The number of hydrogen-bond donors (Lipinski definition) is 0. The molecule has 0 unspecified atom stereocenters. The van der Waals surface area contributed by atoms with Crippen LogP contribution >= 0.6 is 17.0 Å². The molecule has 0 spiro atoms.